The van der Waals surface area contributed by atoms with Crippen LogP contribution in [0.2, 0.25) is 0 Å². The highest BCUT2D eigenvalue weighted by Crippen LogP contribution is 2.40. The minimum absolute atomic E-state index is 0.0615. The van der Waals surface area contributed by atoms with Crippen molar-refractivity contribution in [3.8, 4) is 5.75 Å². The quantitative estimate of drug-likeness (QED) is 0.417. The number of carbonyl (C=O) groups is 2. The Labute approximate surface area is 181 Å². The molecule has 4 rings (SSSR count). The van der Waals surface area contributed by atoms with E-state index in [9.17, 15) is 14.7 Å². The fourth-order valence-electron chi connectivity index (χ4n) is 4.37. The summed E-state index contributed by atoms with van der Waals surface area (Å²) in [4.78, 5) is 29.6. The Balaban J connectivity index is 1.74. The lowest BCUT2D eigenvalue weighted by Crippen LogP contribution is -2.37. The van der Waals surface area contributed by atoms with Crippen molar-refractivity contribution in [3.05, 3.63) is 59.1 Å². The van der Waals surface area contributed by atoms with E-state index in [-0.39, 0.29) is 17.4 Å². The molecule has 31 heavy (non-hydrogen) atoms. The first-order chi connectivity index (χ1) is 14.9. The Hall–Kier alpha value is -3.06. The van der Waals surface area contributed by atoms with E-state index in [4.69, 9.17) is 9.15 Å². The molecule has 0 saturated carbocycles. The lowest BCUT2D eigenvalue weighted by molar-refractivity contribution is -0.140. The summed E-state index contributed by atoms with van der Waals surface area (Å²) in [6.45, 7) is 8.79. The number of ether oxygens (including phenoxy) is 1. The third kappa shape index (κ3) is 3.85. The van der Waals surface area contributed by atoms with Gasteiger partial charge in [0.15, 0.2) is 0 Å². The number of carbonyl (C=O) groups excluding carboxylic acids is 2. The minimum atomic E-state index is -0.756. The second kappa shape index (κ2) is 8.59. The summed E-state index contributed by atoms with van der Waals surface area (Å²) in [5.74, 6) is -0.256. The molecule has 2 unspecified atom stereocenters. The highest BCUT2D eigenvalue weighted by atomic mass is 16.5. The van der Waals surface area contributed by atoms with Crippen molar-refractivity contribution in [1.29, 1.82) is 0 Å². The van der Waals surface area contributed by atoms with Crippen LogP contribution in [0, 0.1) is 0 Å². The lowest BCUT2D eigenvalue weighted by Gasteiger charge is -2.26. The number of furan rings is 1. The Morgan fingerprint density at radius 3 is 2.68 bits per heavy atom. The molecule has 164 valence electrons. The second-order valence-corrected chi connectivity index (χ2v) is 7.99. The van der Waals surface area contributed by atoms with Gasteiger partial charge in [-0.05, 0) is 55.9 Å². The van der Waals surface area contributed by atoms with E-state index in [2.05, 4.69) is 18.7 Å². The number of rotatable bonds is 7. The molecule has 1 aromatic carbocycles. The smallest absolute Gasteiger partial charge is 0.295 e. The maximum atomic E-state index is 13.0. The van der Waals surface area contributed by atoms with Gasteiger partial charge in [0, 0.05) is 25.1 Å². The second-order valence-electron chi connectivity index (χ2n) is 7.99. The summed E-state index contributed by atoms with van der Waals surface area (Å²) in [5.41, 5.74) is 1.53. The van der Waals surface area contributed by atoms with Gasteiger partial charge in [0.1, 0.15) is 29.4 Å². The van der Waals surface area contributed by atoms with Crippen LogP contribution >= 0.6 is 0 Å². The van der Waals surface area contributed by atoms with Gasteiger partial charge < -0.3 is 24.1 Å². The number of fused-ring (bicyclic) bond motifs is 1. The third-order valence-electron chi connectivity index (χ3n) is 6.07. The Morgan fingerprint density at radius 1 is 1.23 bits per heavy atom. The maximum Gasteiger partial charge on any atom is 0.295 e. The SMILES string of the molecule is CCN(CC)CCN1C(=O)C(=O)/C(=C(\O)c2ccc3c(c2)CC(C)O3)C1c1ccco1. The maximum absolute atomic E-state index is 13.0. The van der Waals surface area contributed by atoms with Crippen molar-refractivity contribution in [2.24, 2.45) is 0 Å². The predicted molar refractivity (Wildman–Crippen MR) is 116 cm³/mol. The first-order valence-electron chi connectivity index (χ1n) is 10.8. The topological polar surface area (TPSA) is 83.2 Å². The van der Waals surface area contributed by atoms with Crippen molar-refractivity contribution in [3.63, 3.8) is 0 Å². The number of ketones is 1. The number of amides is 1. The molecule has 3 heterocycles. The van der Waals surface area contributed by atoms with Gasteiger partial charge in [0.25, 0.3) is 11.7 Å². The highest BCUT2D eigenvalue weighted by Gasteiger charge is 2.47. The molecule has 2 aliphatic rings. The molecule has 0 radical (unpaired) electrons. The summed E-state index contributed by atoms with van der Waals surface area (Å²) in [6, 6.07) is 8.03. The molecule has 1 aromatic heterocycles. The largest absolute Gasteiger partial charge is 0.507 e. The average Bonchev–Trinajstić information content (AvgIpc) is 3.47. The molecule has 2 aliphatic heterocycles. The van der Waals surface area contributed by atoms with Crippen LogP contribution in [0.4, 0.5) is 0 Å². The molecule has 2 atom stereocenters. The van der Waals surface area contributed by atoms with Gasteiger partial charge in [-0.2, -0.15) is 0 Å². The van der Waals surface area contributed by atoms with E-state index in [0.717, 1.165) is 30.8 Å². The van der Waals surface area contributed by atoms with Crippen molar-refractivity contribution in [2.75, 3.05) is 26.2 Å². The molecule has 7 heteroatoms. The predicted octanol–water partition coefficient (Wildman–Crippen LogP) is 3.37. The Kier molecular flexibility index (Phi) is 5.87. The fraction of sp³-hybridized carbons (Fsp3) is 0.417. The van der Waals surface area contributed by atoms with E-state index < -0.39 is 17.7 Å². The van der Waals surface area contributed by atoms with Crippen molar-refractivity contribution < 1.29 is 23.8 Å². The zero-order valence-corrected chi connectivity index (χ0v) is 18.1. The van der Waals surface area contributed by atoms with Crippen LogP contribution < -0.4 is 4.74 Å². The number of hydrogen-bond acceptors (Lipinski definition) is 6. The molecule has 1 amide bonds. The van der Waals surface area contributed by atoms with Gasteiger partial charge in [0.2, 0.25) is 0 Å². The normalized spacial score (nSPS) is 22.3. The van der Waals surface area contributed by atoms with Crippen LogP contribution in [0.15, 0.2) is 46.6 Å². The van der Waals surface area contributed by atoms with Crippen molar-refractivity contribution >= 4 is 17.4 Å². The summed E-state index contributed by atoms with van der Waals surface area (Å²) >= 11 is 0. The number of nitrogens with zero attached hydrogens (tertiary/aromatic N) is 2. The number of aliphatic hydroxyl groups is 1. The van der Waals surface area contributed by atoms with Gasteiger partial charge in [-0.1, -0.05) is 13.8 Å². The summed E-state index contributed by atoms with van der Waals surface area (Å²) in [6.07, 6.45) is 2.31. The third-order valence-corrected chi connectivity index (χ3v) is 6.07. The molecule has 1 saturated heterocycles. The van der Waals surface area contributed by atoms with E-state index >= 15 is 0 Å². The van der Waals surface area contributed by atoms with Crippen LogP contribution in [0.3, 0.4) is 0 Å². The van der Waals surface area contributed by atoms with Crippen LogP contribution in [-0.2, 0) is 16.0 Å². The monoisotopic (exact) mass is 424 g/mol. The Bertz CT molecular complexity index is 1010. The standard InChI is InChI=1S/C24H28N2O5/c1-4-25(5-2)10-11-26-21(19-7-6-12-30-19)20(23(28)24(26)29)22(27)16-8-9-18-17(14-16)13-15(3)31-18/h6-9,12,14-15,21,27H,4-5,10-11,13H2,1-3H3/b22-20-. The number of benzene rings is 1. The van der Waals surface area contributed by atoms with Crippen molar-refractivity contribution in [2.45, 2.75) is 39.3 Å². The Morgan fingerprint density at radius 2 is 2.00 bits per heavy atom. The summed E-state index contributed by atoms with van der Waals surface area (Å²) in [5, 5.41) is 11.1. The molecular weight excluding hydrogens is 396 g/mol. The van der Waals surface area contributed by atoms with Gasteiger partial charge in [0.05, 0.1) is 11.8 Å². The van der Waals surface area contributed by atoms with E-state index in [0.29, 0.717) is 24.4 Å². The van der Waals surface area contributed by atoms with Crippen LogP contribution in [0.25, 0.3) is 5.76 Å². The van der Waals surface area contributed by atoms with Crippen LogP contribution in [0.1, 0.15) is 43.7 Å². The first kappa shape index (κ1) is 21.2. The van der Waals surface area contributed by atoms with E-state index in [1.807, 2.05) is 13.0 Å². The molecule has 1 fully saturated rings. The zero-order valence-electron chi connectivity index (χ0n) is 18.1. The van der Waals surface area contributed by atoms with E-state index in [1.54, 1.807) is 24.3 Å². The number of hydrogen-bond donors (Lipinski definition) is 1. The molecule has 0 bridgehead atoms. The number of aliphatic hydroxyl groups excluding tert-OH is 1. The first-order valence-corrected chi connectivity index (χ1v) is 10.8. The number of Topliss-reactive ketones (excluding diaryl/α,β-unsaturated/α-hetero) is 1. The molecule has 0 aliphatic carbocycles. The fourth-order valence-corrected chi connectivity index (χ4v) is 4.37. The lowest BCUT2D eigenvalue weighted by atomic mass is 9.97. The number of likely N-dealkylation sites (tertiary alicyclic amines) is 1. The average molecular weight is 424 g/mol. The highest BCUT2D eigenvalue weighted by molar-refractivity contribution is 6.46. The molecule has 7 nitrogen and oxygen atoms in total. The van der Waals surface area contributed by atoms with Gasteiger partial charge in [-0.25, -0.2) is 0 Å². The molecule has 2 aromatic rings. The number of likely N-dealkylation sites (N-methyl/N-ethyl adjacent to an activating group) is 1. The van der Waals surface area contributed by atoms with Crippen molar-refractivity contribution in [1.82, 2.24) is 9.80 Å². The van der Waals surface area contributed by atoms with Crippen LogP contribution in [0.5, 0.6) is 5.75 Å². The van der Waals surface area contributed by atoms with Gasteiger partial charge in [-0.3, -0.25) is 9.59 Å². The van der Waals surface area contributed by atoms with Crippen LogP contribution in [-0.4, -0.2) is 58.9 Å². The zero-order chi connectivity index (χ0) is 22.1. The van der Waals surface area contributed by atoms with Gasteiger partial charge >= 0.3 is 0 Å². The summed E-state index contributed by atoms with van der Waals surface area (Å²) < 4.78 is 11.3. The van der Waals surface area contributed by atoms with Gasteiger partial charge in [-0.15, -0.1) is 0 Å². The summed E-state index contributed by atoms with van der Waals surface area (Å²) in [7, 11) is 0. The van der Waals surface area contributed by atoms with E-state index in [1.165, 1.54) is 11.2 Å². The molecule has 0 spiro atoms. The molecule has 1 N–H and O–H groups in total. The molecular formula is C24H28N2O5. The minimum Gasteiger partial charge on any atom is -0.507 e.